The van der Waals surface area contributed by atoms with Crippen molar-refractivity contribution in [3.8, 4) is 17.2 Å². The minimum atomic E-state index is -0.581. The van der Waals surface area contributed by atoms with Gasteiger partial charge in [0.15, 0.2) is 11.5 Å². The fraction of sp³-hybridized carbons (Fsp3) is 0.600. The van der Waals surface area contributed by atoms with Crippen LogP contribution in [0.1, 0.15) is 45.1 Å². The van der Waals surface area contributed by atoms with Gasteiger partial charge in [0.2, 0.25) is 11.9 Å². The molecule has 1 aromatic carbocycles. The molecular formula is C20H28N2O5. The maximum absolute atomic E-state index is 13.0. The SMILES string of the molecule is COc1cc(C2=NO[C@H](C(=O)N3[C@@H](C)CCC[C@@H]3C)C2)cc(OC)c1OC. The van der Waals surface area contributed by atoms with Gasteiger partial charge >= 0.3 is 0 Å². The van der Waals surface area contributed by atoms with Gasteiger partial charge in [-0.2, -0.15) is 0 Å². The van der Waals surface area contributed by atoms with Crippen LogP contribution < -0.4 is 14.2 Å². The van der Waals surface area contributed by atoms with Crippen molar-refractivity contribution in [2.75, 3.05) is 21.3 Å². The second-order valence-corrected chi connectivity index (χ2v) is 7.12. The first-order valence-electron chi connectivity index (χ1n) is 9.35. The van der Waals surface area contributed by atoms with Crippen LogP contribution in [0.15, 0.2) is 17.3 Å². The molecule has 2 heterocycles. The smallest absolute Gasteiger partial charge is 0.267 e. The Balaban J connectivity index is 1.78. The summed E-state index contributed by atoms with van der Waals surface area (Å²) in [5.41, 5.74) is 1.49. The number of benzene rings is 1. The van der Waals surface area contributed by atoms with Crippen LogP contribution in [-0.2, 0) is 9.63 Å². The Labute approximate surface area is 160 Å². The van der Waals surface area contributed by atoms with Crippen LogP contribution in [0.25, 0.3) is 0 Å². The predicted molar refractivity (Wildman–Crippen MR) is 102 cm³/mol. The molecule has 0 aliphatic carbocycles. The average Bonchev–Trinajstić information content (AvgIpc) is 3.16. The third-order valence-electron chi connectivity index (χ3n) is 5.39. The molecule has 0 aromatic heterocycles. The van der Waals surface area contributed by atoms with E-state index in [0.717, 1.165) is 24.8 Å². The maximum atomic E-state index is 13.0. The summed E-state index contributed by atoms with van der Waals surface area (Å²) in [6.07, 6.45) is 3.06. The highest BCUT2D eigenvalue weighted by molar-refractivity contribution is 6.05. The zero-order chi connectivity index (χ0) is 19.6. The molecule has 0 spiro atoms. The van der Waals surface area contributed by atoms with Crippen molar-refractivity contribution in [2.24, 2.45) is 5.16 Å². The fourth-order valence-electron chi connectivity index (χ4n) is 3.95. The summed E-state index contributed by atoms with van der Waals surface area (Å²) in [5.74, 6) is 1.62. The van der Waals surface area contributed by atoms with Gasteiger partial charge in [-0.15, -0.1) is 0 Å². The van der Waals surface area contributed by atoms with E-state index in [-0.39, 0.29) is 18.0 Å². The van der Waals surface area contributed by atoms with E-state index in [2.05, 4.69) is 19.0 Å². The number of likely N-dealkylation sites (tertiary alicyclic amines) is 1. The van der Waals surface area contributed by atoms with Crippen LogP contribution in [0.3, 0.4) is 0 Å². The van der Waals surface area contributed by atoms with E-state index in [1.165, 1.54) is 0 Å². The monoisotopic (exact) mass is 376 g/mol. The van der Waals surface area contributed by atoms with Crippen molar-refractivity contribution >= 4 is 11.6 Å². The molecule has 7 heteroatoms. The molecule has 3 rings (SSSR count). The zero-order valence-corrected chi connectivity index (χ0v) is 16.7. The van der Waals surface area contributed by atoms with E-state index in [1.54, 1.807) is 21.3 Å². The van der Waals surface area contributed by atoms with Gasteiger partial charge in [0, 0.05) is 24.1 Å². The van der Waals surface area contributed by atoms with Crippen molar-refractivity contribution in [3.63, 3.8) is 0 Å². The summed E-state index contributed by atoms with van der Waals surface area (Å²) in [7, 11) is 4.70. The molecule has 2 aliphatic rings. The summed E-state index contributed by atoms with van der Waals surface area (Å²) in [5, 5.41) is 4.18. The number of oxime groups is 1. The number of carbonyl (C=O) groups excluding carboxylic acids is 1. The lowest BCUT2D eigenvalue weighted by atomic mass is 9.95. The standard InChI is InChI=1S/C20H28N2O5/c1-12-7-6-8-13(2)22(12)20(23)18-11-15(21-27-18)14-9-16(24-3)19(26-5)17(10-14)25-4/h9-10,12-13,18H,6-8,11H2,1-5H3/t12-,13-,18-/m0/s1. The number of piperidine rings is 1. The summed E-state index contributed by atoms with van der Waals surface area (Å²) < 4.78 is 16.2. The summed E-state index contributed by atoms with van der Waals surface area (Å²) >= 11 is 0. The molecule has 0 bridgehead atoms. The van der Waals surface area contributed by atoms with Crippen LogP contribution in [0.5, 0.6) is 17.2 Å². The van der Waals surface area contributed by atoms with Gasteiger partial charge < -0.3 is 23.9 Å². The first-order chi connectivity index (χ1) is 13.0. The molecule has 1 aromatic rings. The fourth-order valence-corrected chi connectivity index (χ4v) is 3.95. The topological polar surface area (TPSA) is 69.6 Å². The van der Waals surface area contributed by atoms with Crippen LogP contribution in [0, 0.1) is 0 Å². The third-order valence-corrected chi connectivity index (χ3v) is 5.39. The summed E-state index contributed by atoms with van der Waals surface area (Å²) in [6, 6.07) is 4.11. The molecule has 7 nitrogen and oxygen atoms in total. The van der Waals surface area contributed by atoms with Crippen molar-refractivity contribution in [2.45, 2.75) is 57.7 Å². The average molecular weight is 376 g/mol. The van der Waals surface area contributed by atoms with Gasteiger partial charge in [0.25, 0.3) is 5.91 Å². The van der Waals surface area contributed by atoms with Crippen molar-refractivity contribution in [1.29, 1.82) is 0 Å². The zero-order valence-electron chi connectivity index (χ0n) is 16.7. The number of ether oxygens (including phenoxy) is 3. The normalized spacial score (nSPS) is 24.9. The minimum absolute atomic E-state index is 0.0147. The predicted octanol–water partition coefficient (Wildman–Crippen LogP) is 2.99. The number of hydrogen-bond acceptors (Lipinski definition) is 6. The molecule has 1 saturated heterocycles. The summed E-state index contributed by atoms with van der Waals surface area (Å²) in [6.45, 7) is 4.20. The van der Waals surface area contributed by atoms with Gasteiger partial charge in [-0.05, 0) is 45.2 Å². The Kier molecular flexibility index (Phi) is 5.77. The number of methoxy groups -OCH3 is 3. The van der Waals surface area contributed by atoms with Crippen molar-refractivity contribution < 1.29 is 23.8 Å². The highest BCUT2D eigenvalue weighted by atomic mass is 16.6. The maximum Gasteiger partial charge on any atom is 0.267 e. The van der Waals surface area contributed by atoms with Crippen LogP contribution in [0.4, 0.5) is 0 Å². The van der Waals surface area contributed by atoms with Gasteiger partial charge in [-0.1, -0.05) is 5.16 Å². The molecule has 27 heavy (non-hydrogen) atoms. The van der Waals surface area contributed by atoms with E-state index in [4.69, 9.17) is 19.0 Å². The van der Waals surface area contributed by atoms with E-state index >= 15 is 0 Å². The van der Waals surface area contributed by atoms with E-state index in [9.17, 15) is 4.79 Å². The Morgan fingerprint density at radius 3 is 2.19 bits per heavy atom. The van der Waals surface area contributed by atoms with Crippen LogP contribution >= 0.6 is 0 Å². The van der Waals surface area contributed by atoms with Gasteiger partial charge in [-0.25, -0.2) is 0 Å². The largest absolute Gasteiger partial charge is 0.493 e. The number of amides is 1. The Hall–Kier alpha value is -2.44. The van der Waals surface area contributed by atoms with E-state index < -0.39 is 6.10 Å². The van der Waals surface area contributed by atoms with Gasteiger partial charge in [0.05, 0.1) is 27.0 Å². The van der Waals surface area contributed by atoms with Crippen LogP contribution in [0.2, 0.25) is 0 Å². The molecular weight excluding hydrogens is 348 g/mol. The van der Waals surface area contributed by atoms with E-state index in [1.807, 2.05) is 17.0 Å². The van der Waals surface area contributed by atoms with Crippen molar-refractivity contribution in [3.05, 3.63) is 17.7 Å². The van der Waals surface area contributed by atoms with E-state index in [0.29, 0.717) is 29.4 Å². The number of nitrogens with zero attached hydrogens (tertiary/aromatic N) is 2. The minimum Gasteiger partial charge on any atom is -0.493 e. The second-order valence-electron chi connectivity index (χ2n) is 7.12. The molecule has 3 atom stereocenters. The number of rotatable bonds is 5. The first kappa shape index (κ1) is 19.3. The molecule has 1 amide bonds. The lowest BCUT2D eigenvalue weighted by molar-refractivity contribution is -0.148. The van der Waals surface area contributed by atoms with Gasteiger partial charge in [-0.3, -0.25) is 4.79 Å². The Morgan fingerprint density at radius 2 is 1.67 bits per heavy atom. The number of hydrogen-bond donors (Lipinski definition) is 0. The lowest BCUT2D eigenvalue weighted by Gasteiger charge is -2.39. The first-order valence-corrected chi connectivity index (χ1v) is 9.35. The Bertz CT molecular complexity index is 698. The molecule has 0 radical (unpaired) electrons. The molecule has 1 fully saturated rings. The summed E-state index contributed by atoms with van der Waals surface area (Å²) in [4.78, 5) is 20.5. The Morgan fingerprint density at radius 1 is 1.07 bits per heavy atom. The molecule has 2 aliphatic heterocycles. The quantitative estimate of drug-likeness (QED) is 0.790. The second kappa shape index (κ2) is 8.06. The highest BCUT2D eigenvalue weighted by Gasteiger charge is 2.38. The highest BCUT2D eigenvalue weighted by Crippen LogP contribution is 2.39. The van der Waals surface area contributed by atoms with Gasteiger partial charge in [0.1, 0.15) is 0 Å². The molecule has 0 unspecified atom stereocenters. The lowest BCUT2D eigenvalue weighted by Crippen LogP contribution is -2.51. The molecule has 0 N–H and O–H groups in total. The van der Waals surface area contributed by atoms with Crippen LogP contribution in [-0.4, -0.2) is 56.0 Å². The molecule has 0 saturated carbocycles. The number of carbonyl (C=O) groups is 1. The van der Waals surface area contributed by atoms with Crippen molar-refractivity contribution in [1.82, 2.24) is 4.90 Å². The molecule has 148 valence electrons. The third kappa shape index (κ3) is 3.68.